The molecule has 0 aromatic heterocycles. The van der Waals surface area contributed by atoms with E-state index in [4.69, 9.17) is 10.8 Å². The number of nitrogens with one attached hydrogen (secondary N) is 1. The van der Waals surface area contributed by atoms with E-state index < -0.39 is 12.0 Å². The largest absolute Gasteiger partial charge is 0.480 e. The van der Waals surface area contributed by atoms with Crippen molar-refractivity contribution in [3.05, 3.63) is 0 Å². The summed E-state index contributed by atoms with van der Waals surface area (Å²) in [6.07, 6.45) is 21.8. The van der Waals surface area contributed by atoms with Crippen molar-refractivity contribution in [3.63, 3.8) is 0 Å². The topological polar surface area (TPSA) is 92.4 Å². The fourth-order valence-corrected chi connectivity index (χ4v) is 3.96. The van der Waals surface area contributed by atoms with E-state index >= 15 is 0 Å². The van der Waals surface area contributed by atoms with Gasteiger partial charge < -0.3 is 16.2 Å². The van der Waals surface area contributed by atoms with Gasteiger partial charge in [-0.25, -0.2) is 4.79 Å². The monoisotopic (exact) mass is 430 g/mol. The second-order valence-electron chi connectivity index (χ2n) is 8.08. The third kappa shape index (κ3) is 20.3. The molecule has 0 aromatic carbocycles. The Balaban J connectivity index is 3.36. The summed E-state index contributed by atoms with van der Waals surface area (Å²) >= 11 is 1.60. The van der Waals surface area contributed by atoms with Gasteiger partial charge in [-0.3, -0.25) is 4.79 Å². The lowest BCUT2D eigenvalue weighted by molar-refractivity contribution is -0.141. The highest BCUT2D eigenvalue weighted by molar-refractivity contribution is 7.98. The van der Waals surface area contributed by atoms with Crippen molar-refractivity contribution >= 4 is 23.6 Å². The summed E-state index contributed by atoms with van der Waals surface area (Å²) in [5.74, 6) is -0.320. The van der Waals surface area contributed by atoms with E-state index in [9.17, 15) is 9.59 Å². The highest BCUT2D eigenvalue weighted by Crippen LogP contribution is 2.13. The third-order valence-corrected chi connectivity index (χ3v) is 6.00. The van der Waals surface area contributed by atoms with Crippen molar-refractivity contribution in [1.29, 1.82) is 0 Å². The predicted molar refractivity (Wildman–Crippen MR) is 125 cm³/mol. The number of unbranched alkanes of at least 4 members (excludes halogenated alkanes) is 14. The minimum absolute atomic E-state index is 0.127. The Morgan fingerprint density at radius 3 is 1.59 bits per heavy atom. The van der Waals surface area contributed by atoms with Crippen LogP contribution in [0.2, 0.25) is 0 Å². The Hall–Kier alpha value is -0.750. The number of nitrogens with two attached hydrogens (primary N) is 1. The molecule has 5 nitrogen and oxygen atoms in total. The van der Waals surface area contributed by atoms with Crippen LogP contribution in [0, 0.1) is 0 Å². The molecule has 0 aliphatic rings. The minimum Gasteiger partial charge on any atom is -0.480 e. The summed E-state index contributed by atoms with van der Waals surface area (Å²) in [4.78, 5) is 23.0. The van der Waals surface area contributed by atoms with Gasteiger partial charge in [0, 0.05) is 6.42 Å². The summed E-state index contributed by atoms with van der Waals surface area (Å²) < 4.78 is 0. The molecule has 0 fully saturated rings. The van der Waals surface area contributed by atoms with Crippen LogP contribution in [0.3, 0.4) is 0 Å². The fraction of sp³-hybridized carbons (Fsp3) is 0.913. The Morgan fingerprint density at radius 1 is 0.793 bits per heavy atom. The maximum absolute atomic E-state index is 11.9. The summed E-state index contributed by atoms with van der Waals surface area (Å²) in [6, 6.07) is -0.744. The van der Waals surface area contributed by atoms with Gasteiger partial charge in [-0.2, -0.15) is 11.8 Å². The van der Waals surface area contributed by atoms with Crippen LogP contribution in [0.25, 0.3) is 0 Å². The van der Waals surface area contributed by atoms with E-state index in [0.29, 0.717) is 12.8 Å². The molecule has 1 unspecified atom stereocenters. The van der Waals surface area contributed by atoms with Gasteiger partial charge in [-0.05, 0) is 37.8 Å². The number of thioether (sulfide) groups is 1. The first-order valence-corrected chi connectivity index (χ1v) is 13.2. The van der Waals surface area contributed by atoms with Gasteiger partial charge in [0.1, 0.15) is 6.04 Å². The quantitative estimate of drug-likeness (QED) is 0.197. The number of rotatable bonds is 22. The highest BCUT2D eigenvalue weighted by Gasteiger charge is 2.18. The summed E-state index contributed by atoms with van der Waals surface area (Å²) in [5, 5.41) is 11.8. The average Bonchev–Trinajstić information content (AvgIpc) is 2.70. The second-order valence-corrected chi connectivity index (χ2v) is 9.07. The number of carboxylic acid groups (broad SMARTS) is 1. The zero-order valence-electron chi connectivity index (χ0n) is 18.8. The van der Waals surface area contributed by atoms with E-state index in [1.807, 2.05) is 6.26 Å². The van der Waals surface area contributed by atoms with Crippen molar-refractivity contribution in [1.82, 2.24) is 5.32 Å². The van der Waals surface area contributed by atoms with Crippen LogP contribution in [0.5, 0.6) is 0 Å². The molecule has 0 saturated carbocycles. The standard InChI is InChI=1S/C23H46N2O3S/c1-29-20-18-21(23(27)28)25-22(26)17-15-13-11-9-7-5-3-2-4-6-8-10-12-14-16-19-24/h21H,2-20,24H2,1H3,(H,25,26)(H,27,28). The molecule has 0 spiro atoms. The van der Waals surface area contributed by atoms with Crippen molar-refractivity contribution in [2.45, 2.75) is 115 Å². The summed E-state index contributed by atoms with van der Waals surface area (Å²) in [5.41, 5.74) is 5.50. The molecule has 0 heterocycles. The van der Waals surface area contributed by atoms with Crippen LogP contribution in [0.4, 0.5) is 0 Å². The fourth-order valence-electron chi connectivity index (χ4n) is 3.49. The van der Waals surface area contributed by atoms with Crippen LogP contribution >= 0.6 is 11.8 Å². The van der Waals surface area contributed by atoms with Gasteiger partial charge in [0.2, 0.25) is 5.91 Å². The summed E-state index contributed by atoms with van der Waals surface area (Å²) in [6.45, 7) is 0.834. The summed E-state index contributed by atoms with van der Waals surface area (Å²) in [7, 11) is 0. The molecule has 1 amide bonds. The van der Waals surface area contributed by atoms with Gasteiger partial charge in [-0.1, -0.05) is 83.5 Å². The minimum atomic E-state index is -0.935. The van der Waals surface area contributed by atoms with Gasteiger partial charge in [0.05, 0.1) is 0 Å². The normalized spacial score (nSPS) is 12.1. The Labute approximate surface area is 183 Å². The van der Waals surface area contributed by atoms with Gasteiger partial charge in [0.25, 0.3) is 0 Å². The first kappa shape index (κ1) is 28.2. The smallest absolute Gasteiger partial charge is 0.326 e. The van der Waals surface area contributed by atoms with Crippen molar-refractivity contribution < 1.29 is 14.7 Å². The molecule has 0 saturated heterocycles. The molecule has 0 radical (unpaired) electrons. The van der Waals surface area contributed by atoms with E-state index in [1.54, 1.807) is 11.8 Å². The van der Waals surface area contributed by atoms with Crippen LogP contribution in [-0.2, 0) is 9.59 Å². The molecule has 0 rings (SSSR count). The lowest BCUT2D eigenvalue weighted by atomic mass is 10.0. The number of carbonyl (C=O) groups is 2. The molecule has 0 bridgehead atoms. The van der Waals surface area contributed by atoms with Crippen LogP contribution in [0.15, 0.2) is 0 Å². The van der Waals surface area contributed by atoms with Crippen LogP contribution in [-0.4, -0.2) is 41.6 Å². The van der Waals surface area contributed by atoms with Crippen molar-refractivity contribution in [2.75, 3.05) is 18.6 Å². The third-order valence-electron chi connectivity index (χ3n) is 5.35. The first-order chi connectivity index (χ1) is 14.1. The van der Waals surface area contributed by atoms with Crippen molar-refractivity contribution in [3.8, 4) is 0 Å². The average molecular weight is 431 g/mol. The maximum atomic E-state index is 11.9. The molecule has 6 heteroatoms. The number of amides is 1. The Morgan fingerprint density at radius 2 is 1.21 bits per heavy atom. The molecule has 4 N–H and O–H groups in total. The van der Waals surface area contributed by atoms with E-state index in [0.717, 1.165) is 25.1 Å². The van der Waals surface area contributed by atoms with E-state index in [-0.39, 0.29) is 5.91 Å². The lowest BCUT2D eigenvalue weighted by Crippen LogP contribution is -2.41. The van der Waals surface area contributed by atoms with Crippen LogP contribution < -0.4 is 11.1 Å². The molecule has 1 atom stereocenters. The SMILES string of the molecule is CSCCC(NC(=O)CCCCCCCCCCCCCCCCCN)C(=O)O. The molecular formula is C23H46N2O3S. The molecule has 172 valence electrons. The molecule has 0 aliphatic heterocycles. The zero-order chi connectivity index (χ0) is 21.6. The number of carboxylic acids is 1. The molecule has 29 heavy (non-hydrogen) atoms. The second kappa shape index (κ2) is 21.9. The highest BCUT2D eigenvalue weighted by atomic mass is 32.2. The molecular weight excluding hydrogens is 384 g/mol. The number of carbonyl (C=O) groups excluding carboxylic acids is 1. The van der Waals surface area contributed by atoms with Gasteiger partial charge in [-0.15, -0.1) is 0 Å². The predicted octanol–water partition coefficient (Wildman–Crippen LogP) is 5.51. The molecule has 0 aromatic rings. The van der Waals surface area contributed by atoms with Gasteiger partial charge in [0.15, 0.2) is 0 Å². The number of hydrogen-bond acceptors (Lipinski definition) is 4. The van der Waals surface area contributed by atoms with E-state index in [2.05, 4.69) is 5.32 Å². The van der Waals surface area contributed by atoms with E-state index in [1.165, 1.54) is 83.5 Å². The molecule has 0 aliphatic carbocycles. The van der Waals surface area contributed by atoms with Crippen molar-refractivity contribution in [2.24, 2.45) is 5.73 Å². The lowest BCUT2D eigenvalue weighted by Gasteiger charge is -2.13. The van der Waals surface area contributed by atoms with Gasteiger partial charge >= 0.3 is 5.97 Å². The zero-order valence-corrected chi connectivity index (χ0v) is 19.6. The number of hydrogen-bond donors (Lipinski definition) is 3. The Bertz CT molecular complexity index is 394. The maximum Gasteiger partial charge on any atom is 0.326 e. The van der Waals surface area contributed by atoms with Crippen LogP contribution in [0.1, 0.15) is 109 Å². The Kier molecular flexibility index (Phi) is 21.4. The first-order valence-electron chi connectivity index (χ1n) is 11.8. The number of aliphatic carboxylic acids is 1.